The topological polar surface area (TPSA) is 132 Å². The molecule has 12 heteroatoms. The van der Waals surface area contributed by atoms with E-state index in [-0.39, 0.29) is 12.2 Å². The number of hydrogen-bond donors (Lipinski definition) is 2. The Morgan fingerprint density at radius 3 is 2.48 bits per heavy atom. The third kappa shape index (κ3) is 5.27. The molecule has 3 atom stereocenters. The summed E-state index contributed by atoms with van der Waals surface area (Å²) in [5, 5.41) is 2.51. The van der Waals surface area contributed by atoms with Gasteiger partial charge in [0.25, 0.3) is 0 Å². The number of amides is 3. The first-order valence-electron chi connectivity index (χ1n) is 9.70. The van der Waals surface area contributed by atoms with E-state index in [4.69, 9.17) is 5.73 Å². The van der Waals surface area contributed by atoms with Gasteiger partial charge >= 0.3 is 24.1 Å². The molecule has 1 aromatic carbocycles. The lowest BCUT2D eigenvalue weighted by atomic mass is 9.82. The van der Waals surface area contributed by atoms with Crippen LogP contribution in [0.15, 0.2) is 48.7 Å². The number of halogens is 3. The molecule has 0 unspecified atom stereocenters. The maximum Gasteiger partial charge on any atom is 0.491 e. The zero-order valence-corrected chi connectivity index (χ0v) is 17.2. The Bertz CT molecular complexity index is 1080. The lowest BCUT2D eigenvalue weighted by molar-refractivity contribution is -0.205. The molecule has 3 amide bonds. The fourth-order valence-electron chi connectivity index (χ4n) is 3.41. The molecule has 174 valence electrons. The number of nitrogens with one attached hydrogen (secondary N) is 1. The number of imide groups is 1. The lowest BCUT2D eigenvalue weighted by Crippen LogP contribution is -2.69. The largest absolute Gasteiger partial charge is 0.491 e. The summed E-state index contributed by atoms with van der Waals surface area (Å²) in [7, 11) is 0. The number of nitrogens with two attached hydrogens (primary N) is 1. The number of nitrogen functional groups attached to an aromatic ring is 1. The zero-order valence-electron chi connectivity index (χ0n) is 17.2. The average Bonchev–Trinajstić information content (AvgIpc) is 2.75. The van der Waals surface area contributed by atoms with E-state index >= 15 is 0 Å². The molecule has 33 heavy (non-hydrogen) atoms. The van der Waals surface area contributed by atoms with Crippen molar-refractivity contribution in [1.29, 1.82) is 0 Å². The summed E-state index contributed by atoms with van der Waals surface area (Å²) in [6, 6.07) is 8.23. The van der Waals surface area contributed by atoms with Crippen molar-refractivity contribution < 1.29 is 37.1 Å². The summed E-state index contributed by atoms with van der Waals surface area (Å²) in [6.07, 6.45) is -4.21. The number of rotatable bonds is 5. The fourth-order valence-corrected chi connectivity index (χ4v) is 3.41. The first-order valence-corrected chi connectivity index (χ1v) is 9.70. The number of ether oxygens (including phenoxy) is 1. The van der Waals surface area contributed by atoms with Crippen molar-refractivity contribution in [2.45, 2.75) is 31.6 Å². The van der Waals surface area contributed by atoms with Gasteiger partial charge in [-0.15, -0.1) is 0 Å². The molecule has 0 radical (unpaired) electrons. The van der Waals surface area contributed by atoms with Gasteiger partial charge in [-0.25, -0.2) is 24.3 Å². The van der Waals surface area contributed by atoms with Crippen molar-refractivity contribution in [3.63, 3.8) is 0 Å². The quantitative estimate of drug-likeness (QED) is 0.394. The van der Waals surface area contributed by atoms with Crippen LogP contribution in [0.5, 0.6) is 0 Å². The highest BCUT2D eigenvalue weighted by molar-refractivity contribution is 6.09. The zero-order chi connectivity index (χ0) is 24.3. The number of likely N-dealkylation sites (tertiary alicyclic amines) is 1. The molecule has 2 aromatic rings. The van der Waals surface area contributed by atoms with Crippen LogP contribution in [0.4, 0.5) is 23.8 Å². The molecule has 9 nitrogen and oxygen atoms in total. The number of urea groups is 1. The molecule has 3 rings (SSSR count). The molecular formula is C21H19F3N4O5. The van der Waals surface area contributed by atoms with Crippen LogP contribution in [0, 0.1) is 5.92 Å². The first-order chi connectivity index (χ1) is 15.5. The van der Waals surface area contributed by atoms with Gasteiger partial charge in [-0.05, 0) is 36.6 Å². The number of benzene rings is 1. The van der Waals surface area contributed by atoms with Crippen molar-refractivity contribution in [2.24, 2.45) is 5.92 Å². The van der Waals surface area contributed by atoms with Crippen molar-refractivity contribution in [3.8, 4) is 0 Å². The molecule has 3 N–H and O–H groups in total. The predicted octanol–water partition coefficient (Wildman–Crippen LogP) is 2.14. The number of alkyl halides is 3. The van der Waals surface area contributed by atoms with Crippen LogP contribution in [0.25, 0.3) is 0 Å². The van der Waals surface area contributed by atoms with Gasteiger partial charge in [-0.1, -0.05) is 30.3 Å². The summed E-state index contributed by atoms with van der Waals surface area (Å²) in [4.78, 5) is 53.2. The smallest absolute Gasteiger partial charge is 0.385 e. The van der Waals surface area contributed by atoms with Gasteiger partial charge in [0.1, 0.15) is 5.82 Å². The molecule has 0 aliphatic carbocycles. The summed E-state index contributed by atoms with van der Waals surface area (Å²) >= 11 is 0. The molecule has 0 bridgehead atoms. The third-order valence-corrected chi connectivity index (χ3v) is 5.04. The summed E-state index contributed by atoms with van der Waals surface area (Å²) in [6.45, 7) is 1.62. The molecule has 0 saturated carbocycles. The highest BCUT2D eigenvalue weighted by Crippen LogP contribution is 2.32. The van der Waals surface area contributed by atoms with E-state index in [2.05, 4.69) is 15.0 Å². The van der Waals surface area contributed by atoms with Gasteiger partial charge < -0.3 is 15.8 Å². The minimum absolute atomic E-state index is 0.122. The first kappa shape index (κ1) is 23.7. The van der Waals surface area contributed by atoms with E-state index in [0.717, 1.165) is 0 Å². The van der Waals surface area contributed by atoms with Crippen LogP contribution in [0.3, 0.4) is 0 Å². The van der Waals surface area contributed by atoms with Crippen LogP contribution < -0.4 is 11.1 Å². The Hall–Kier alpha value is -3.96. The molecule has 1 aromatic heterocycles. The molecular weight excluding hydrogens is 445 g/mol. The van der Waals surface area contributed by atoms with Gasteiger partial charge in [0.2, 0.25) is 5.91 Å². The maximum absolute atomic E-state index is 12.7. The minimum atomic E-state index is -5.42. The number of hydrogen-bond acceptors (Lipinski definition) is 7. The van der Waals surface area contributed by atoms with Gasteiger partial charge in [-0.2, -0.15) is 13.2 Å². The van der Waals surface area contributed by atoms with Gasteiger partial charge in [0.05, 0.1) is 12.0 Å². The van der Waals surface area contributed by atoms with Crippen molar-refractivity contribution in [3.05, 3.63) is 59.8 Å². The molecule has 1 aliphatic heterocycles. The van der Waals surface area contributed by atoms with E-state index < -0.39 is 48.1 Å². The SMILES string of the molecule is C[C@@H](NC(=O)N1C(=O)[C@H](Cc2ccnc(N)c2)[C@H]1C(=O)OC(=O)C(F)(F)F)c1ccccc1. The number of aromatic nitrogens is 1. The molecule has 1 fully saturated rings. The van der Waals surface area contributed by atoms with Gasteiger partial charge in [0.15, 0.2) is 6.04 Å². The number of esters is 2. The summed E-state index contributed by atoms with van der Waals surface area (Å²) in [5.74, 6) is -6.33. The highest BCUT2D eigenvalue weighted by atomic mass is 19.4. The van der Waals surface area contributed by atoms with E-state index in [1.807, 2.05) is 0 Å². The predicted molar refractivity (Wildman–Crippen MR) is 107 cm³/mol. The Balaban J connectivity index is 1.81. The normalized spacial score (nSPS) is 18.8. The Kier molecular flexibility index (Phi) is 6.65. The van der Waals surface area contributed by atoms with Crippen LogP contribution in [0.1, 0.15) is 24.1 Å². The Morgan fingerprint density at radius 2 is 1.88 bits per heavy atom. The second kappa shape index (κ2) is 9.27. The van der Waals surface area contributed by atoms with E-state index in [1.165, 1.54) is 18.3 Å². The lowest BCUT2D eigenvalue weighted by Gasteiger charge is -2.43. The van der Waals surface area contributed by atoms with Crippen molar-refractivity contribution in [1.82, 2.24) is 15.2 Å². The van der Waals surface area contributed by atoms with Crippen molar-refractivity contribution >= 4 is 29.7 Å². The van der Waals surface area contributed by atoms with E-state index in [9.17, 15) is 32.3 Å². The van der Waals surface area contributed by atoms with E-state index in [1.54, 1.807) is 37.3 Å². The minimum Gasteiger partial charge on any atom is -0.385 e. The maximum atomic E-state index is 12.7. The number of carbonyl (C=O) groups excluding carboxylic acids is 4. The molecule has 2 heterocycles. The number of carbonyl (C=O) groups is 4. The highest BCUT2D eigenvalue weighted by Gasteiger charge is 2.57. The fraction of sp³-hybridized carbons (Fsp3) is 0.286. The number of anilines is 1. The van der Waals surface area contributed by atoms with Gasteiger partial charge in [0, 0.05) is 6.20 Å². The molecule has 1 saturated heterocycles. The van der Waals surface area contributed by atoms with Crippen LogP contribution in [-0.4, -0.2) is 46.0 Å². The molecule has 0 spiro atoms. The summed E-state index contributed by atoms with van der Waals surface area (Å²) in [5.41, 5.74) is 6.74. The Labute approximate surface area is 185 Å². The van der Waals surface area contributed by atoms with Crippen molar-refractivity contribution in [2.75, 3.05) is 5.73 Å². The number of pyridine rings is 1. The number of nitrogens with zero attached hydrogens (tertiary/aromatic N) is 2. The van der Waals surface area contributed by atoms with Crippen LogP contribution in [-0.2, 0) is 25.5 Å². The Morgan fingerprint density at radius 1 is 1.21 bits per heavy atom. The second-order valence-corrected chi connectivity index (χ2v) is 7.34. The van der Waals surface area contributed by atoms with E-state index in [0.29, 0.717) is 16.0 Å². The average molecular weight is 464 g/mol. The standard InChI is InChI=1S/C21H19F3N4O5/c1-11(13-5-3-2-4-6-13)27-20(32)28-16(18(30)33-19(31)21(22,23)24)14(17(28)29)9-12-7-8-26-15(25)10-12/h2-8,10-11,14,16H,9H2,1H3,(H2,25,26)(H,27,32)/t11-,14-,16+/m1/s1. The van der Waals surface area contributed by atoms with Crippen LogP contribution >= 0.6 is 0 Å². The monoisotopic (exact) mass is 464 g/mol. The molecule has 1 aliphatic rings. The summed E-state index contributed by atoms with van der Waals surface area (Å²) < 4.78 is 41.6. The van der Waals surface area contributed by atoms with Gasteiger partial charge in [-0.3, -0.25) is 4.79 Å². The third-order valence-electron chi connectivity index (χ3n) is 5.04. The van der Waals surface area contributed by atoms with Crippen LogP contribution in [0.2, 0.25) is 0 Å². The second-order valence-electron chi connectivity index (χ2n) is 7.34. The number of β-lactam (4-membered cyclic amide) rings is 1.